The Morgan fingerprint density at radius 1 is 1.19 bits per heavy atom. The van der Waals surface area contributed by atoms with Crippen LogP contribution in [0.15, 0.2) is 65.4 Å². The zero-order valence-electron chi connectivity index (χ0n) is 14.5. The second kappa shape index (κ2) is 7.82. The molecule has 0 radical (unpaired) electrons. The lowest BCUT2D eigenvalue weighted by atomic mass is 10.2. The van der Waals surface area contributed by atoms with Crippen LogP contribution < -0.4 is 19.5 Å². The molecule has 0 fully saturated rings. The first-order chi connectivity index (χ1) is 13.3. The highest BCUT2D eigenvalue weighted by molar-refractivity contribution is 5.89. The third-order valence-electron chi connectivity index (χ3n) is 4.00. The van der Waals surface area contributed by atoms with Crippen LogP contribution in [0.25, 0.3) is 0 Å². The van der Waals surface area contributed by atoms with Crippen LogP contribution in [-0.4, -0.2) is 30.1 Å². The molecule has 7 nitrogen and oxygen atoms in total. The van der Waals surface area contributed by atoms with Gasteiger partial charge in [-0.25, -0.2) is 4.98 Å². The van der Waals surface area contributed by atoms with Gasteiger partial charge in [0.25, 0.3) is 5.89 Å². The number of oxazole rings is 1. The minimum Gasteiger partial charge on any atom is -0.489 e. The molecule has 0 unspecified atom stereocenters. The number of rotatable bonds is 6. The van der Waals surface area contributed by atoms with Gasteiger partial charge in [0.1, 0.15) is 31.3 Å². The number of amides is 1. The second-order valence-corrected chi connectivity index (χ2v) is 5.98. The summed E-state index contributed by atoms with van der Waals surface area (Å²) in [5.41, 5.74) is 1.08. The summed E-state index contributed by atoms with van der Waals surface area (Å²) >= 11 is 0. The fraction of sp³-hybridized carbons (Fsp3) is 0.200. The van der Waals surface area contributed by atoms with Crippen molar-refractivity contribution in [3.05, 3.63) is 72.4 Å². The summed E-state index contributed by atoms with van der Waals surface area (Å²) in [6, 6.07) is 15.4. The predicted molar refractivity (Wildman–Crippen MR) is 96.0 cm³/mol. The third-order valence-corrected chi connectivity index (χ3v) is 4.00. The van der Waals surface area contributed by atoms with Gasteiger partial charge in [0, 0.05) is 6.07 Å². The Morgan fingerprint density at radius 2 is 2.07 bits per heavy atom. The van der Waals surface area contributed by atoms with Crippen molar-refractivity contribution in [2.24, 2.45) is 0 Å². The first kappa shape index (κ1) is 17.0. The zero-order chi connectivity index (χ0) is 18.5. The van der Waals surface area contributed by atoms with Crippen molar-refractivity contribution in [1.82, 2.24) is 10.3 Å². The molecule has 2 aromatic carbocycles. The van der Waals surface area contributed by atoms with E-state index in [2.05, 4.69) is 10.3 Å². The van der Waals surface area contributed by atoms with Gasteiger partial charge in [0.05, 0.1) is 12.7 Å². The number of aromatic nitrogens is 1. The highest BCUT2D eigenvalue weighted by atomic mass is 16.6. The first-order valence-electron chi connectivity index (χ1n) is 8.56. The van der Waals surface area contributed by atoms with Crippen LogP contribution in [0.3, 0.4) is 0 Å². The third kappa shape index (κ3) is 4.20. The van der Waals surface area contributed by atoms with E-state index in [-0.39, 0.29) is 18.5 Å². The topological polar surface area (TPSA) is 82.8 Å². The van der Waals surface area contributed by atoms with Crippen molar-refractivity contribution >= 4 is 5.91 Å². The molecule has 2 heterocycles. The summed E-state index contributed by atoms with van der Waals surface area (Å²) in [5.74, 6) is 1.54. The van der Waals surface area contributed by atoms with Gasteiger partial charge in [-0.2, -0.15) is 0 Å². The Hall–Kier alpha value is -3.48. The van der Waals surface area contributed by atoms with E-state index < -0.39 is 5.91 Å². The monoisotopic (exact) mass is 366 g/mol. The lowest BCUT2D eigenvalue weighted by molar-refractivity contribution is 0.0766. The number of benzene rings is 2. The van der Waals surface area contributed by atoms with Crippen LogP contribution in [0.5, 0.6) is 17.2 Å². The number of nitrogens with one attached hydrogen (secondary N) is 1. The number of ether oxygens (including phenoxy) is 3. The molecule has 3 aromatic rings. The zero-order valence-corrected chi connectivity index (χ0v) is 14.5. The lowest BCUT2D eigenvalue weighted by Gasteiger charge is -2.26. The van der Waals surface area contributed by atoms with Crippen LogP contribution in [0, 0.1) is 0 Å². The SMILES string of the molecule is O=C(NC[C@@H]1COc2ccc(OCc3ccccc3)cc2O1)c1ncco1. The van der Waals surface area contributed by atoms with E-state index in [0.29, 0.717) is 30.5 Å². The molecule has 1 aliphatic heterocycles. The number of nitrogens with zero attached hydrogens (tertiary/aromatic N) is 1. The van der Waals surface area contributed by atoms with Crippen molar-refractivity contribution in [1.29, 1.82) is 0 Å². The van der Waals surface area contributed by atoms with E-state index in [1.807, 2.05) is 42.5 Å². The molecule has 0 aliphatic carbocycles. The molecule has 4 rings (SSSR count). The lowest BCUT2D eigenvalue weighted by Crippen LogP contribution is -2.40. The van der Waals surface area contributed by atoms with E-state index in [1.54, 1.807) is 6.07 Å². The Morgan fingerprint density at radius 3 is 2.89 bits per heavy atom. The number of carbonyl (C=O) groups is 1. The van der Waals surface area contributed by atoms with Crippen molar-refractivity contribution in [3.63, 3.8) is 0 Å². The molecule has 1 atom stereocenters. The quantitative estimate of drug-likeness (QED) is 0.722. The average Bonchev–Trinajstić information content (AvgIpc) is 3.26. The minimum absolute atomic E-state index is 0.0173. The predicted octanol–water partition coefficient (Wildman–Crippen LogP) is 2.82. The normalized spacial score (nSPS) is 15.2. The van der Waals surface area contributed by atoms with Gasteiger partial charge in [0.15, 0.2) is 11.5 Å². The number of fused-ring (bicyclic) bond motifs is 1. The number of hydrogen-bond acceptors (Lipinski definition) is 6. The molecule has 1 aromatic heterocycles. The van der Waals surface area contributed by atoms with Crippen molar-refractivity contribution in [3.8, 4) is 17.2 Å². The molecule has 1 aliphatic rings. The second-order valence-electron chi connectivity index (χ2n) is 5.98. The molecule has 0 saturated heterocycles. The summed E-state index contributed by atoms with van der Waals surface area (Å²) in [7, 11) is 0. The van der Waals surface area contributed by atoms with Gasteiger partial charge in [-0.1, -0.05) is 30.3 Å². The Bertz CT molecular complexity index is 896. The summed E-state index contributed by atoms with van der Waals surface area (Å²) in [5, 5.41) is 2.72. The van der Waals surface area contributed by atoms with E-state index >= 15 is 0 Å². The summed E-state index contributed by atoms with van der Waals surface area (Å²) in [6.07, 6.45) is 2.45. The molecule has 1 amide bonds. The fourth-order valence-electron chi connectivity index (χ4n) is 2.65. The van der Waals surface area contributed by atoms with E-state index in [0.717, 1.165) is 5.56 Å². The van der Waals surface area contributed by atoms with Gasteiger partial charge < -0.3 is 23.9 Å². The molecule has 0 spiro atoms. The Labute approximate surface area is 155 Å². The van der Waals surface area contributed by atoms with E-state index in [4.69, 9.17) is 18.6 Å². The van der Waals surface area contributed by atoms with E-state index in [1.165, 1.54) is 12.5 Å². The van der Waals surface area contributed by atoms with Crippen molar-refractivity contribution < 1.29 is 23.4 Å². The average molecular weight is 366 g/mol. The Balaban J connectivity index is 1.34. The van der Waals surface area contributed by atoms with Crippen LogP contribution >= 0.6 is 0 Å². The van der Waals surface area contributed by atoms with Gasteiger partial charge in [-0.15, -0.1) is 0 Å². The summed E-state index contributed by atoms with van der Waals surface area (Å²) < 4.78 is 22.4. The molecule has 0 saturated carbocycles. The smallest absolute Gasteiger partial charge is 0.307 e. The first-order valence-corrected chi connectivity index (χ1v) is 8.56. The fourth-order valence-corrected chi connectivity index (χ4v) is 2.65. The maximum Gasteiger partial charge on any atom is 0.307 e. The van der Waals surface area contributed by atoms with Crippen LogP contribution in [0.1, 0.15) is 16.2 Å². The maximum absolute atomic E-state index is 11.9. The van der Waals surface area contributed by atoms with E-state index in [9.17, 15) is 4.79 Å². The summed E-state index contributed by atoms with van der Waals surface area (Å²) in [6.45, 7) is 1.08. The number of hydrogen-bond donors (Lipinski definition) is 1. The molecule has 27 heavy (non-hydrogen) atoms. The minimum atomic E-state index is -0.394. The van der Waals surface area contributed by atoms with Gasteiger partial charge in [-0.05, 0) is 17.7 Å². The standard InChI is InChI=1S/C20H18N2O5/c23-19(20-21-8-9-24-20)22-11-16-13-26-17-7-6-15(10-18(17)27-16)25-12-14-4-2-1-3-5-14/h1-10,16H,11-13H2,(H,22,23)/t16-/m1/s1. The van der Waals surface area contributed by atoms with Gasteiger partial charge in [-0.3, -0.25) is 4.79 Å². The largest absolute Gasteiger partial charge is 0.489 e. The molecule has 7 heteroatoms. The highest BCUT2D eigenvalue weighted by Crippen LogP contribution is 2.35. The molecular weight excluding hydrogens is 348 g/mol. The van der Waals surface area contributed by atoms with Gasteiger partial charge >= 0.3 is 5.91 Å². The number of carbonyl (C=O) groups excluding carboxylic acids is 1. The summed E-state index contributed by atoms with van der Waals surface area (Å²) in [4.78, 5) is 15.7. The van der Waals surface area contributed by atoms with Crippen LogP contribution in [0.2, 0.25) is 0 Å². The highest BCUT2D eigenvalue weighted by Gasteiger charge is 2.23. The molecule has 1 N–H and O–H groups in total. The molecule has 0 bridgehead atoms. The van der Waals surface area contributed by atoms with Crippen molar-refractivity contribution in [2.75, 3.05) is 13.2 Å². The van der Waals surface area contributed by atoms with Crippen LogP contribution in [-0.2, 0) is 6.61 Å². The van der Waals surface area contributed by atoms with Crippen LogP contribution in [0.4, 0.5) is 0 Å². The van der Waals surface area contributed by atoms with Gasteiger partial charge in [0.2, 0.25) is 0 Å². The molecular formula is C20H18N2O5. The van der Waals surface area contributed by atoms with Crippen molar-refractivity contribution in [2.45, 2.75) is 12.7 Å². The molecule has 138 valence electrons. The maximum atomic E-state index is 11.9. The Kier molecular flexibility index (Phi) is 4.91.